The van der Waals surface area contributed by atoms with E-state index in [0.29, 0.717) is 25.7 Å². The van der Waals surface area contributed by atoms with E-state index in [1.54, 1.807) is 0 Å². The van der Waals surface area contributed by atoms with E-state index in [0.717, 1.165) is 49.5 Å². The van der Waals surface area contributed by atoms with Gasteiger partial charge in [-0.05, 0) is 51.5 Å². The molecule has 0 unspecified atom stereocenters. The fraction of sp³-hybridized carbons (Fsp3) is 0.619. The second kappa shape index (κ2) is 10.2. The highest BCUT2D eigenvalue weighted by molar-refractivity contribution is 5.81. The molecular formula is C21H32N4O2. The maximum Gasteiger partial charge on any atom is 0.223 e. The number of amides is 1. The van der Waals surface area contributed by atoms with Crippen molar-refractivity contribution in [2.45, 2.75) is 58.1 Å². The number of para-hydroxylation sites is 1. The number of hydrogen-bond donors (Lipinski definition) is 3. The first-order chi connectivity index (χ1) is 13.3. The minimum Gasteiger partial charge on any atom is -0.490 e. The SMILES string of the molecule is CCNC(=NCc1ccccc1OC1CCCC1)NCCNC(=O)C1CC1. The number of carbonyl (C=O) groups excluding carboxylic acids is 1. The van der Waals surface area contributed by atoms with Gasteiger partial charge in [0.05, 0.1) is 12.6 Å². The number of carbonyl (C=O) groups is 1. The highest BCUT2D eigenvalue weighted by Gasteiger charge is 2.28. The second-order valence-corrected chi connectivity index (χ2v) is 7.32. The van der Waals surface area contributed by atoms with Gasteiger partial charge in [0.1, 0.15) is 5.75 Å². The molecule has 0 atom stereocenters. The van der Waals surface area contributed by atoms with Crippen LogP contribution in [0, 0.1) is 5.92 Å². The van der Waals surface area contributed by atoms with Crippen LogP contribution in [0.25, 0.3) is 0 Å². The monoisotopic (exact) mass is 372 g/mol. The van der Waals surface area contributed by atoms with Crippen molar-refractivity contribution in [3.63, 3.8) is 0 Å². The van der Waals surface area contributed by atoms with Crippen molar-refractivity contribution in [3.8, 4) is 5.75 Å². The minimum atomic E-state index is 0.178. The van der Waals surface area contributed by atoms with Gasteiger partial charge in [0.15, 0.2) is 5.96 Å². The third-order valence-corrected chi connectivity index (χ3v) is 4.98. The topological polar surface area (TPSA) is 74.8 Å². The Morgan fingerprint density at radius 1 is 1.07 bits per heavy atom. The van der Waals surface area contributed by atoms with Crippen LogP contribution < -0.4 is 20.7 Å². The maximum atomic E-state index is 11.7. The molecule has 3 N–H and O–H groups in total. The van der Waals surface area contributed by atoms with Gasteiger partial charge < -0.3 is 20.7 Å². The van der Waals surface area contributed by atoms with E-state index in [9.17, 15) is 4.79 Å². The molecule has 2 saturated carbocycles. The summed E-state index contributed by atoms with van der Waals surface area (Å²) in [5.41, 5.74) is 1.10. The average Bonchev–Trinajstić information content (AvgIpc) is 3.41. The number of aliphatic imine (C=N–C) groups is 1. The van der Waals surface area contributed by atoms with Crippen LogP contribution in [0.3, 0.4) is 0 Å². The lowest BCUT2D eigenvalue weighted by Gasteiger charge is -2.16. The van der Waals surface area contributed by atoms with E-state index in [4.69, 9.17) is 4.74 Å². The molecular weight excluding hydrogens is 340 g/mol. The van der Waals surface area contributed by atoms with Crippen LogP contribution in [0.2, 0.25) is 0 Å². The molecule has 0 aliphatic heterocycles. The smallest absolute Gasteiger partial charge is 0.223 e. The molecule has 0 spiro atoms. The van der Waals surface area contributed by atoms with Crippen molar-refractivity contribution >= 4 is 11.9 Å². The van der Waals surface area contributed by atoms with Crippen LogP contribution in [0.4, 0.5) is 0 Å². The number of benzene rings is 1. The third kappa shape index (κ3) is 6.45. The Kier molecular flexibility index (Phi) is 7.36. The molecule has 3 rings (SSSR count). The van der Waals surface area contributed by atoms with E-state index < -0.39 is 0 Å². The summed E-state index contributed by atoms with van der Waals surface area (Å²) in [4.78, 5) is 16.4. The van der Waals surface area contributed by atoms with Crippen molar-refractivity contribution < 1.29 is 9.53 Å². The molecule has 1 aromatic carbocycles. The van der Waals surface area contributed by atoms with Crippen molar-refractivity contribution in [1.29, 1.82) is 0 Å². The summed E-state index contributed by atoms with van der Waals surface area (Å²) in [5.74, 6) is 2.13. The quantitative estimate of drug-likeness (QED) is 0.354. The lowest BCUT2D eigenvalue weighted by atomic mass is 10.2. The highest BCUT2D eigenvalue weighted by Crippen LogP contribution is 2.28. The molecule has 0 heterocycles. The fourth-order valence-electron chi connectivity index (χ4n) is 3.30. The highest BCUT2D eigenvalue weighted by atomic mass is 16.5. The summed E-state index contributed by atoms with van der Waals surface area (Å²) < 4.78 is 6.19. The first kappa shape index (κ1) is 19.5. The molecule has 0 saturated heterocycles. The van der Waals surface area contributed by atoms with E-state index in [-0.39, 0.29) is 11.8 Å². The summed E-state index contributed by atoms with van der Waals surface area (Å²) in [7, 11) is 0. The van der Waals surface area contributed by atoms with Crippen molar-refractivity contribution in [2.75, 3.05) is 19.6 Å². The van der Waals surface area contributed by atoms with Gasteiger partial charge in [-0.2, -0.15) is 0 Å². The number of guanidine groups is 1. The third-order valence-electron chi connectivity index (χ3n) is 4.98. The molecule has 0 radical (unpaired) electrons. The molecule has 2 fully saturated rings. The van der Waals surface area contributed by atoms with E-state index in [1.807, 2.05) is 25.1 Å². The molecule has 2 aliphatic carbocycles. The van der Waals surface area contributed by atoms with Gasteiger partial charge in [-0.25, -0.2) is 4.99 Å². The summed E-state index contributed by atoms with van der Waals surface area (Å²) in [5, 5.41) is 9.50. The Balaban J connectivity index is 1.50. The van der Waals surface area contributed by atoms with Crippen LogP contribution in [0.15, 0.2) is 29.3 Å². The number of ether oxygens (including phenoxy) is 1. The summed E-state index contributed by atoms with van der Waals surface area (Å²) in [6.45, 7) is 4.67. The van der Waals surface area contributed by atoms with Gasteiger partial charge >= 0.3 is 0 Å². The Morgan fingerprint density at radius 2 is 1.81 bits per heavy atom. The van der Waals surface area contributed by atoms with Crippen molar-refractivity contribution in [1.82, 2.24) is 16.0 Å². The van der Waals surface area contributed by atoms with E-state index in [2.05, 4.69) is 27.0 Å². The zero-order chi connectivity index (χ0) is 18.9. The predicted molar refractivity (Wildman–Crippen MR) is 108 cm³/mol. The summed E-state index contributed by atoms with van der Waals surface area (Å²) >= 11 is 0. The summed E-state index contributed by atoms with van der Waals surface area (Å²) in [6, 6.07) is 8.16. The van der Waals surface area contributed by atoms with Crippen molar-refractivity contribution in [2.24, 2.45) is 10.9 Å². The zero-order valence-electron chi connectivity index (χ0n) is 16.3. The average molecular weight is 373 g/mol. The Morgan fingerprint density at radius 3 is 2.56 bits per heavy atom. The number of rotatable bonds is 9. The molecule has 1 aromatic rings. The van der Waals surface area contributed by atoms with Crippen LogP contribution in [-0.2, 0) is 11.3 Å². The maximum absolute atomic E-state index is 11.7. The number of hydrogen-bond acceptors (Lipinski definition) is 3. The zero-order valence-corrected chi connectivity index (χ0v) is 16.3. The molecule has 148 valence electrons. The number of nitrogens with one attached hydrogen (secondary N) is 3. The van der Waals surface area contributed by atoms with Crippen LogP contribution in [-0.4, -0.2) is 37.6 Å². The molecule has 0 bridgehead atoms. The lowest BCUT2D eigenvalue weighted by Crippen LogP contribution is -2.41. The summed E-state index contributed by atoms with van der Waals surface area (Å²) in [6.07, 6.45) is 7.23. The Labute approximate surface area is 162 Å². The van der Waals surface area contributed by atoms with E-state index in [1.165, 1.54) is 12.8 Å². The van der Waals surface area contributed by atoms with Crippen LogP contribution in [0.1, 0.15) is 51.0 Å². The largest absolute Gasteiger partial charge is 0.490 e. The molecule has 6 nitrogen and oxygen atoms in total. The van der Waals surface area contributed by atoms with Gasteiger partial charge in [0, 0.05) is 31.1 Å². The molecule has 6 heteroatoms. The lowest BCUT2D eigenvalue weighted by molar-refractivity contribution is -0.122. The second-order valence-electron chi connectivity index (χ2n) is 7.32. The van der Waals surface area contributed by atoms with Gasteiger partial charge in [0.25, 0.3) is 0 Å². The first-order valence-corrected chi connectivity index (χ1v) is 10.3. The van der Waals surface area contributed by atoms with Gasteiger partial charge in [-0.3, -0.25) is 4.79 Å². The van der Waals surface area contributed by atoms with Gasteiger partial charge in [0.2, 0.25) is 5.91 Å². The molecule has 2 aliphatic rings. The Hall–Kier alpha value is -2.24. The Bertz CT molecular complexity index is 637. The van der Waals surface area contributed by atoms with Gasteiger partial charge in [-0.15, -0.1) is 0 Å². The fourth-order valence-corrected chi connectivity index (χ4v) is 3.30. The normalized spacial score (nSPS) is 17.6. The van der Waals surface area contributed by atoms with E-state index >= 15 is 0 Å². The van der Waals surface area contributed by atoms with Crippen LogP contribution >= 0.6 is 0 Å². The first-order valence-electron chi connectivity index (χ1n) is 10.3. The molecule has 0 aromatic heterocycles. The standard InChI is InChI=1S/C21H32N4O2/c1-2-22-21(24-14-13-23-20(26)16-11-12-16)25-15-17-7-3-6-10-19(17)27-18-8-4-5-9-18/h3,6-7,10,16,18H,2,4-5,8-9,11-15H2,1H3,(H,23,26)(H2,22,24,25). The number of nitrogens with zero attached hydrogens (tertiary/aromatic N) is 1. The molecule has 27 heavy (non-hydrogen) atoms. The molecule has 1 amide bonds. The van der Waals surface area contributed by atoms with Gasteiger partial charge in [-0.1, -0.05) is 18.2 Å². The predicted octanol–water partition coefficient (Wildman–Crippen LogP) is 2.59. The minimum absolute atomic E-state index is 0.178. The van der Waals surface area contributed by atoms with Crippen LogP contribution in [0.5, 0.6) is 5.75 Å². The van der Waals surface area contributed by atoms with Crippen molar-refractivity contribution in [3.05, 3.63) is 29.8 Å².